The number of pyridine rings is 1. The molecule has 0 aromatic carbocycles. The number of nitrogens with two attached hydrogens (primary N) is 2. The first-order chi connectivity index (χ1) is 12.8. The van der Waals surface area contributed by atoms with Crippen LogP contribution in [0.4, 0.5) is 24.7 Å². The van der Waals surface area contributed by atoms with Crippen molar-refractivity contribution < 1.29 is 13.2 Å². The van der Waals surface area contributed by atoms with Gasteiger partial charge in [0.25, 0.3) is 0 Å². The molecule has 27 heavy (non-hydrogen) atoms. The van der Waals surface area contributed by atoms with Gasteiger partial charge in [0, 0.05) is 35.3 Å². The summed E-state index contributed by atoms with van der Waals surface area (Å²) < 4.78 is 29.0. The molecule has 3 aromatic rings. The molecule has 3 aromatic heterocycles. The number of halogens is 3. The van der Waals surface area contributed by atoms with Gasteiger partial charge in [-0.1, -0.05) is 6.42 Å². The highest BCUT2D eigenvalue weighted by Crippen LogP contribution is 2.41. The lowest BCUT2D eigenvalue weighted by Gasteiger charge is -2.23. The Balaban J connectivity index is 0.000000481. The van der Waals surface area contributed by atoms with Crippen molar-refractivity contribution in [2.45, 2.75) is 31.9 Å². The van der Waals surface area contributed by atoms with Gasteiger partial charge < -0.3 is 5.73 Å². The van der Waals surface area contributed by atoms with Crippen LogP contribution in [0.1, 0.15) is 30.1 Å². The minimum atomic E-state index is -3.67. The first-order valence-electron chi connectivity index (χ1n) is 8.28. The molecule has 0 atom stereocenters. The summed E-state index contributed by atoms with van der Waals surface area (Å²) in [5.74, 6) is 7.59. The zero-order valence-corrected chi connectivity index (χ0v) is 15.4. The molecular formula is C17H19F3N6S. The van der Waals surface area contributed by atoms with Gasteiger partial charge >= 0.3 is 6.68 Å². The van der Waals surface area contributed by atoms with Crippen LogP contribution < -0.4 is 16.6 Å². The summed E-state index contributed by atoms with van der Waals surface area (Å²) in [7, 11) is 1.70. The predicted molar refractivity (Wildman–Crippen MR) is 101 cm³/mol. The van der Waals surface area contributed by atoms with Gasteiger partial charge in [0.1, 0.15) is 4.83 Å². The van der Waals surface area contributed by atoms with Crippen molar-refractivity contribution in [1.82, 2.24) is 15.0 Å². The number of hydrazine groups is 1. The van der Waals surface area contributed by atoms with Crippen LogP contribution in [0.3, 0.4) is 0 Å². The summed E-state index contributed by atoms with van der Waals surface area (Å²) >= 11 is 1.77. The highest BCUT2D eigenvalue weighted by molar-refractivity contribution is 7.18. The molecule has 144 valence electrons. The molecule has 4 rings (SSSR count). The van der Waals surface area contributed by atoms with E-state index in [1.165, 1.54) is 29.1 Å². The Labute approximate surface area is 158 Å². The third-order valence-corrected chi connectivity index (χ3v) is 5.49. The number of nitrogens with zero attached hydrogens (tertiary/aromatic N) is 4. The van der Waals surface area contributed by atoms with E-state index in [4.69, 9.17) is 11.6 Å². The number of nitrogen functional groups attached to an aromatic ring is 1. The number of hydrogen-bond donors (Lipinski definition) is 2. The zero-order chi connectivity index (χ0) is 19.6. The lowest BCUT2D eigenvalue weighted by molar-refractivity contribution is 0.00819. The molecule has 4 N–H and O–H groups in total. The van der Waals surface area contributed by atoms with Crippen LogP contribution in [0.15, 0.2) is 24.5 Å². The molecule has 1 saturated carbocycles. The Hall–Kier alpha value is -2.46. The Morgan fingerprint density at radius 2 is 1.89 bits per heavy atom. The third-order valence-electron chi connectivity index (χ3n) is 4.29. The van der Waals surface area contributed by atoms with Crippen molar-refractivity contribution in [2.75, 3.05) is 17.8 Å². The number of anilines is 2. The fourth-order valence-corrected chi connectivity index (χ4v) is 3.95. The predicted octanol–water partition coefficient (Wildman–Crippen LogP) is 4.09. The summed E-state index contributed by atoms with van der Waals surface area (Å²) in [6.07, 6.45) is 7.51. The molecule has 10 heteroatoms. The van der Waals surface area contributed by atoms with Gasteiger partial charge in [0.05, 0.1) is 5.69 Å². The molecule has 6 nitrogen and oxygen atoms in total. The van der Waals surface area contributed by atoms with Crippen LogP contribution in [0, 0.1) is 0 Å². The fraction of sp³-hybridized carbons (Fsp3) is 0.353. The van der Waals surface area contributed by atoms with Gasteiger partial charge in [-0.3, -0.25) is 5.01 Å². The van der Waals surface area contributed by atoms with E-state index in [1.807, 2.05) is 12.3 Å². The zero-order valence-electron chi connectivity index (χ0n) is 14.6. The minimum absolute atomic E-state index is 0.512. The largest absolute Gasteiger partial charge is 0.396 e. The number of alkyl halides is 3. The van der Waals surface area contributed by atoms with Crippen molar-refractivity contribution in [1.29, 1.82) is 0 Å². The molecule has 0 unspecified atom stereocenters. The van der Waals surface area contributed by atoms with Gasteiger partial charge in [0.2, 0.25) is 0 Å². The minimum Gasteiger partial charge on any atom is -0.396 e. The normalized spacial score (nSPS) is 14.0. The SMILES string of the molecule is CN(N)c1ncc(-c2ncc3cc(C4CCC4)sc3n2)cc1N.FC(F)F. The Morgan fingerprint density at radius 1 is 1.19 bits per heavy atom. The average Bonchev–Trinajstić information content (AvgIpc) is 2.94. The average molecular weight is 396 g/mol. The Morgan fingerprint density at radius 3 is 2.44 bits per heavy atom. The van der Waals surface area contributed by atoms with Crippen LogP contribution in [0.2, 0.25) is 0 Å². The van der Waals surface area contributed by atoms with E-state index in [0.717, 1.165) is 15.8 Å². The highest BCUT2D eigenvalue weighted by atomic mass is 32.1. The maximum atomic E-state index is 9.67. The lowest BCUT2D eigenvalue weighted by Crippen LogP contribution is -2.27. The van der Waals surface area contributed by atoms with Crippen LogP contribution in [-0.2, 0) is 0 Å². The van der Waals surface area contributed by atoms with Crippen LogP contribution in [-0.4, -0.2) is 28.7 Å². The van der Waals surface area contributed by atoms with Crippen molar-refractivity contribution in [2.24, 2.45) is 5.84 Å². The Kier molecular flexibility index (Phi) is 5.76. The molecule has 0 bridgehead atoms. The number of fused-ring (bicyclic) bond motifs is 1. The molecule has 0 radical (unpaired) electrons. The second-order valence-corrected chi connectivity index (χ2v) is 7.29. The monoisotopic (exact) mass is 396 g/mol. The van der Waals surface area contributed by atoms with Gasteiger partial charge in [-0.05, 0) is 30.9 Å². The van der Waals surface area contributed by atoms with Crippen LogP contribution >= 0.6 is 11.3 Å². The second kappa shape index (κ2) is 8.05. The smallest absolute Gasteiger partial charge is 0.379 e. The molecule has 0 spiro atoms. The highest BCUT2D eigenvalue weighted by Gasteiger charge is 2.22. The standard InChI is InChI=1S/C16H18N6S.CHF3/c1-22(18)15-12(17)5-10(7-20-15)14-19-8-11-6-13(9-3-2-4-9)23-16(11)21-14;2-1(3)4/h5-9H,2-4,17-18H2,1H3;1H. The van der Waals surface area contributed by atoms with Gasteiger partial charge in [-0.25, -0.2) is 20.8 Å². The molecule has 1 aliphatic carbocycles. The number of aromatic nitrogens is 3. The molecule has 1 aliphatic rings. The van der Waals surface area contributed by atoms with Crippen molar-refractivity contribution in [3.05, 3.63) is 29.4 Å². The summed E-state index contributed by atoms with van der Waals surface area (Å²) in [6, 6.07) is 4.04. The first-order valence-corrected chi connectivity index (χ1v) is 9.10. The van der Waals surface area contributed by atoms with Crippen molar-refractivity contribution in [3.63, 3.8) is 0 Å². The van der Waals surface area contributed by atoms with Gasteiger partial charge in [0.15, 0.2) is 11.6 Å². The maximum Gasteiger partial charge on any atom is 0.379 e. The van der Waals surface area contributed by atoms with Crippen molar-refractivity contribution in [3.8, 4) is 11.4 Å². The fourth-order valence-electron chi connectivity index (χ4n) is 2.78. The summed E-state index contributed by atoms with van der Waals surface area (Å²) in [5.41, 5.74) is 7.32. The topological polar surface area (TPSA) is 94.0 Å². The van der Waals surface area contributed by atoms with E-state index in [1.54, 1.807) is 24.6 Å². The molecule has 3 heterocycles. The quantitative estimate of drug-likeness (QED) is 0.512. The maximum absolute atomic E-state index is 9.67. The number of thiophene rings is 1. The number of rotatable bonds is 3. The van der Waals surface area contributed by atoms with Gasteiger partial charge in [-0.2, -0.15) is 13.2 Å². The Bertz CT molecular complexity index is 923. The molecular weight excluding hydrogens is 377 g/mol. The summed E-state index contributed by atoms with van der Waals surface area (Å²) in [4.78, 5) is 15.9. The van der Waals surface area contributed by atoms with E-state index in [9.17, 15) is 13.2 Å². The third kappa shape index (κ3) is 4.45. The van der Waals surface area contributed by atoms with E-state index in [2.05, 4.69) is 21.0 Å². The summed E-state index contributed by atoms with van der Waals surface area (Å²) in [5, 5.41) is 2.51. The molecule has 1 fully saturated rings. The van der Waals surface area contributed by atoms with Crippen molar-refractivity contribution >= 4 is 33.1 Å². The first kappa shape index (κ1) is 19.3. The lowest BCUT2D eigenvalue weighted by atomic mass is 9.84. The van der Waals surface area contributed by atoms with Gasteiger partial charge in [-0.15, -0.1) is 11.3 Å². The van der Waals surface area contributed by atoms with E-state index >= 15 is 0 Å². The van der Waals surface area contributed by atoms with E-state index in [0.29, 0.717) is 23.2 Å². The molecule has 0 saturated heterocycles. The summed E-state index contributed by atoms with van der Waals surface area (Å²) in [6.45, 7) is -3.67. The number of hydrogen-bond acceptors (Lipinski definition) is 7. The molecule has 0 amide bonds. The van der Waals surface area contributed by atoms with Crippen LogP contribution in [0.25, 0.3) is 21.6 Å². The second-order valence-electron chi connectivity index (χ2n) is 6.23. The van der Waals surface area contributed by atoms with E-state index in [-0.39, 0.29) is 0 Å². The van der Waals surface area contributed by atoms with Crippen LogP contribution in [0.5, 0.6) is 0 Å². The van der Waals surface area contributed by atoms with E-state index < -0.39 is 6.68 Å². The molecule has 0 aliphatic heterocycles.